The summed E-state index contributed by atoms with van der Waals surface area (Å²) in [5.41, 5.74) is 1.24. The summed E-state index contributed by atoms with van der Waals surface area (Å²) in [6, 6.07) is 8.31. The van der Waals surface area contributed by atoms with Gasteiger partial charge in [-0.05, 0) is 24.1 Å². The number of rotatable bonds is 6. The van der Waals surface area contributed by atoms with Gasteiger partial charge in [0.25, 0.3) is 0 Å². The average Bonchev–Trinajstić information content (AvgIpc) is 2.85. The maximum Gasteiger partial charge on any atom is 0.138 e. The van der Waals surface area contributed by atoms with Gasteiger partial charge in [-0.1, -0.05) is 35.0 Å². The van der Waals surface area contributed by atoms with Gasteiger partial charge in [0.15, 0.2) is 0 Å². The van der Waals surface area contributed by atoms with E-state index in [1.807, 2.05) is 16.8 Å². The van der Waals surface area contributed by atoms with Crippen LogP contribution in [0.25, 0.3) is 0 Å². The average molecular weight is 343 g/mol. The second kappa shape index (κ2) is 7.06. The van der Waals surface area contributed by atoms with Crippen LogP contribution in [0.3, 0.4) is 0 Å². The van der Waals surface area contributed by atoms with Crippen LogP contribution in [0.2, 0.25) is 0 Å². The molecule has 0 bridgehead atoms. The van der Waals surface area contributed by atoms with E-state index in [1.54, 1.807) is 6.33 Å². The Morgan fingerprint density at radius 3 is 2.68 bits per heavy atom. The van der Waals surface area contributed by atoms with Gasteiger partial charge in [0.2, 0.25) is 0 Å². The molecular formula is C14H17BrClN3. The van der Waals surface area contributed by atoms with Crippen molar-refractivity contribution in [2.24, 2.45) is 0 Å². The molecule has 0 aliphatic rings. The zero-order valence-electron chi connectivity index (χ0n) is 10.9. The lowest BCUT2D eigenvalue weighted by molar-refractivity contribution is 0.554. The van der Waals surface area contributed by atoms with Crippen molar-refractivity contribution in [1.82, 2.24) is 14.8 Å². The van der Waals surface area contributed by atoms with E-state index in [9.17, 15) is 0 Å². The first kappa shape index (κ1) is 14.5. The minimum absolute atomic E-state index is 0.273. The summed E-state index contributed by atoms with van der Waals surface area (Å²) in [7, 11) is 0. The Balaban J connectivity index is 2.14. The highest BCUT2D eigenvalue weighted by Crippen LogP contribution is 2.23. The number of alkyl halides is 1. The van der Waals surface area contributed by atoms with Gasteiger partial charge in [0.05, 0.1) is 0 Å². The van der Waals surface area contributed by atoms with Crippen molar-refractivity contribution in [3.8, 4) is 0 Å². The summed E-state index contributed by atoms with van der Waals surface area (Å²) < 4.78 is 3.05. The Bertz CT molecular complexity index is 510. The van der Waals surface area contributed by atoms with E-state index in [4.69, 9.17) is 11.6 Å². The fraction of sp³-hybridized carbons (Fsp3) is 0.429. The molecule has 3 nitrogen and oxygen atoms in total. The molecule has 0 radical (unpaired) electrons. The summed E-state index contributed by atoms with van der Waals surface area (Å²) in [5, 5.41) is 4.26. The van der Waals surface area contributed by atoms with Crippen LogP contribution in [-0.2, 0) is 13.0 Å². The molecular weight excluding hydrogens is 326 g/mol. The summed E-state index contributed by atoms with van der Waals surface area (Å²) in [6.45, 7) is 3.05. The van der Waals surface area contributed by atoms with Gasteiger partial charge in [-0.3, -0.25) is 4.68 Å². The highest BCUT2D eigenvalue weighted by Gasteiger charge is 2.15. The lowest BCUT2D eigenvalue weighted by atomic mass is 9.97. The van der Waals surface area contributed by atoms with Crippen LogP contribution in [0.1, 0.15) is 30.7 Å². The minimum Gasteiger partial charge on any atom is -0.250 e. The Morgan fingerprint density at radius 1 is 1.32 bits per heavy atom. The molecule has 0 amide bonds. The normalized spacial score (nSPS) is 12.6. The molecule has 1 atom stereocenters. The van der Waals surface area contributed by atoms with Crippen LogP contribution in [0, 0.1) is 0 Å². The molecule has 2 aromatic rings. The van der Waals surface area contributed by atoms with Crippen molar-refractivity contribution < 1.29 is 0 Å². The van der Waals surface area contributed by atoms with Crippen LogP contribution in [0.15, 0.2) is 35.1 Å². The third kappa shape index (κ3) is 3.80. The molecule has 0 fully saturated rings. The van der Waals surface area contributed by atoms with Gasteiger partial charge in [0.1, 0.15) is 12.2 Å². The fourth-order valence-corrected chi connectivity index (χ4v) is 2.61. The second-order valence-electron chi connectivity index (χ2n) is 4.51. The molecule has 1 unspecified atom stereocenters. The van der Waals surface area contributed by atoms with Gasteiger partial charge in [-0.15, -0.1) is 11.6 Å². The van der Waals surface area contributed by atoms with Crippen LogP contribution in [0.5, 0.6) is 0 Å². The Morgan fingerprint density at radius 2 is 2.05 bits per heavy atom. The van der Waals surface area contributed by atoms with E-state index in [0.717, 1.165) is 29.7 Å². The number of nitrogens with zero attached hydrogens (tertiary/aromatic N) is 3. The summed E-state index contributed by atoms with van der Waals surface area (Å²) >= 11 is 9.57. The fourth-order valence-electron chi connectivity index (χ4n) is 2.06. The quantitative estimate of drug-likeness (QED) is 0.742. The number of aromatic nitrogens is 3. The lowest BCUT2D eigenvalue weighted by Crippen LogP contribution is -2.11. The number of benzene rings is 1. The first-order chi connectivity index (χ1) is 9.24. The minimum atomic E-state index is 0.273. The van der Waals surface area contributed by atoms with Crippen LogP contribution in [-0.4, -0.2) is 20.6 Å². The summed E-state index contributed by atoms with van der Waals surface area (Å²) in [6.07, 6.45) is 3.50. The van der Waals surface area contributed by atoms with Gasteiger partial charge >= 0.3 is 0 Å². The van der Waals surface area contributed by atoms with Crippen molar-refractivity contribution in [2.75, 3.05) is 5.88 Å². The monoisotopic (exact) mass is 341 g/mol. The van der Waals surface area contributed by atoms with E-state index in [0.29, 0.717) is 5.88 Å². The molecule has 0 saturated carbocycles. The van der Waals surface area contributed by atoms with Gasteiger partial charge in [-0.2, -0.15) is 5.10 Å². The van der Waals surface area contributed by atoms with Crippen LogP contribution in [0.4, 0.5) is 0 Å². The van der Waals surface area contributed by atoms with Crippen molar-refractivity contribution >= 4 is 27.5 Å². The largest absolute Gasteiger partial charge is 0.250 e. The van der Waals surface area contributed by atoms with E-state index < -0.39 is 0 Å². The van der Waals surface area contributed by atoms with Gasteiger partial charge < -0.3 is 0 Å². The van der Waals surface area contributed by atoms with Crippen molar-refractivity contribution in [3.05, 3.63) is 46.5 Å². The van der Waals surface area contributed by atoms with Crippen LogP contribution >= 0.6 is 27.5 Å². The maximum atomic E-state index is 6.12. The lowest BCUT2D eigenvalue weighted by Gasteiger charge is -2.14. The van der Waals surface area contributed by atoms with E-state index >= 15 is 0 Å². The van der Waals surface area contributed by atoms with Crippen molar-refractivity contribution in [2.45, 2.75) is 32.2 Å². The zero-order chi connectivity index (χ0) is 13.7. The Labute approximate surface area is 127 Å². The predicted molar refractivity (Wildman–Crippen MR) is 81.6 cm³/mol. The molecule has 0 aliphatic heterocycles. The number of hydrogen-bond acceptors (Lipinski definition) is 2. The Kier molecular flexibility index (Phi) is 5.40. The molecule has 5 heteroatoms. The third-order valence-corrected chi connectivity index (χ3v) is 3.99. The van der Waals surface area contributed by atoms with Gasteiger partial charge in [0, 0.05) is 29.2 Å². The van der Waals surface area contributed by atoms with Crippen LogP contribution < -0.4 is 0 Å². The van der Waals surface area contributed by atoms with Gasteiger partial charge in [-0.25, -0.2) is 4.98 Å². The first-order valence-electron chi connectivity index (χ1n) is 6.42. The van der Waals surface area contributed by atoms with E-state index in [2.05, 4.69) is 45.1 Å². The topological polar surface area (TPSA) is 30.7 Å². The smallest absolute Gasteiger partial charge is 0.138 e. The zero-order valence-corrected chi connectivity index (χ0v) is 13.2. The molecule has 0 aliphatic carbocycles. The molecule has 19 heavy (non-hydrogen) atoms. The molecule has 1 aromatic carbocycles. The molecule has 0 spiro atoms. The predicted octanol–water partition coefficient (Wildman–Crippen LogP) is 4.02. The van der Waals surface area contributed by atoms with E-state index in [1.165, 1.54) is 5.56 Å². The SMILES string of the molecule is CCCn1ncnc1CC(CCl)c1ccc(Br)cc1. The maximum absolute atomic E-state index is 6.12. The molecule has 2 rings (SSSR count). The van der Waals surface area contributed by atoms with E-state index in [-0.39, 0.29) is 5.92 Å². The first-order valence-corrected chi connectivity index (χ1v) is 7.75. The molecule has 1 aromatic heterocycles. The number of aryl methyl sites for hydroxylation is 1. The molecule has 0 saturated heterocycles. The second-order valence-corrected chi connectivity index (χ2v) is 5.73. The molecule has 102 valence electrons. The molecule has 1 heterocycles. The Hall–Kier alpha value is -0.870. The summed E-state index contributed by atoms with van der Waals surface area (Å²) in [5.74, 6) is 1.87. The van der Waals surface area contributed by atoms with Crippen molar-refractivity contribution in [3.63, 3.8) is 0 Å². The molecule has 0 N–H and O–H groups in total. The van der Waals surface area contributed by atoms with Crippen molar-refractivity contribution in [1.29, 1.82) is 0 Å². The highest BCUT2D eigenvalue weighted by atomic mass is 79.9. The highest BCUT2D eigenvalue weighted by molar-refractivity contribution is 9.10. The number of halogens is 2. The summed E-state index contributed by atoms with van der Waals surface area (Å²) in [4.78, 5) is 4.35. The third-order valence-electron chi connectivity index (χ3n) is 3.09. The standard InChI is InChI=1S/C14H17BrClN3/c1-2-7-19-14(17-10-18-19)8-12(9-16)11-3-5-13(15)6-4-11/h3-6,10,12H,2,7-9H2,1H3. The number of hydrogen-bond donors (Lipinski definition) is 0.